The highest BCUT2D eigenvalue weighted by Gasteiger charge is 2.22. The number of pyridine rings is 1. The number of aromatic amines is 1. The number of hydrogen-bond acceptors (Lipinski definition) is 7. The molecule has 0 bridgehead atoms. The summed E-state index contributed by atoms with van der Waals surface area (Å²) < 4.78 is 25.2. The standard InChI is InChI=1S/C16H13FN6O2.ClH/c1-24-15-10(18)3-2-8(12(15)17)13-11-14(25-23-16(11)19)9(6-20-13)7-4-21-22-5-7;/h2-6H,18H2,1H3,(H2,19,23)(H,21,22);1H. The van der Waals surface area contributed by atoms with E-state index in [2.05, 4.69) is 20.3 Å². The van der Waals surface area contributed by atoms with Gasteiger partial charge in [-0.05, 0) is 12.1 Å². The Kier molecular flexibility index (Phi) is 4.39. The molecule has 4 rings (SSSR count). The van der Waals surface area contributed by atoms with Gasteiger partial charge < -0.3 is 20.7 Å². The Morgan fingerprint density at radius 2 is 2.00 bits per heavy atom. The molecule has 5 N–H and O–H groups in total. The minimum Gasteiger partial charge on any atom is -0.492 e. The van der Waals surface area contributed by atoms with Crippen LogP contribution in [-0.2, 0) is 0 Å². The van der Waals surface area contributed by atoms with Crippen LogP contribution in [0.25, 0.3) is 33.4 Å². The first-order valence-electron chi connectivity index (χ1n) is 7.27. The smallest absolute Gasteiger partial charge is 0.180 e. The first-order chi connectivity index (χ1) is 12.1. The number of rotatable bonds is 3. The number of nitrogens with zero attached hydrogens (tertiary/aromatic N) is 3. The van der Waals surface area contributed by atoms with E-state index in [-0.39, 0.29) is 40.9 Å². The molecular formula is C16H14ClFN6O2. The normalized spacial score (nSPS) is 10.7. The van der Waals surface area contributed by atoms with Gasteiger partial charge in [-0.2, -0.15) is 5.10 Å². The number of H-pyrrole nitrogens is 1. The Balaban J connectivity index is 0.00000196. The van der Waals surface area contributed by atoms with Gasteiger partial charge in [0.1, 0.15) is 0 Å². The Labute approximate surface area is 152 Å². The Morgan fingerprint density at radius 3 is 2.69 bits per heavy atom. The van der Waals surface area contributed by atoms with Crippen molar-refractivity contribution >= 4 is 34.9 Å². The van der Waals surface area contributed by atoms with Crippen molar-refractivity contribution in [3.63, 3.8) is 0 Å². The number of aromatic nitrogens is 4. The van der Waals surface area contributed by atoms with Crippen LogP contribution >= 0.6 is 12.4 Å². The van der Waals surface area contributed by atoms with E-state index in [4.69, 9.17) is 20.7 Å². The lowest BCUT2D eigenvalue weighted by Gasteiger charge is -2.11. The van der Waals surface area contributed by atoms with Gasteiger partial charge in [0.25, 0.3) is 0 Å². The van der Waals surface area contributed by atoms with Gasteiger partial charge in [-0.15, -0.1) is 12.4 Å². The van der Waals surface area contributed by atoms with Crippen LogP contribution in [0.2, 0.25) is 0 Å². The van der Waals surface area contributed by atoms with Crippen LogP contribution in [0.5, 0.6) is 5.75 Å². The first-order valence-corrected chi connectivity index (χ1v) is 7.27. The second-order valence-corrected chi connectivity index (χ2v) is 5.33. The predicted molar refractivity (Wildman–Crippen MR) is 97.4 cm³/mol. The van der Waals surface area contributed by atoms with E-state index in [9.17, 15) is 4.39 Å². The number of methoxy groups -OCH3 is 1. The van der Waals surface area contributed by atoms with E-state index in [0.29, 0.717) is 16.5 Å². The molecule has 1 aromatic carbocycles. The Morgan fingerprint density at radius 1 is 1.19 bits per heavy atom. The van der Waals surface area contributed by atoms with E-state index >= 15 is 0 Å². The van der Waals surface area contributed by atoms with Crippen molar-refractivity contribution in [1.29, 1.82) is 0 Å². The average molecular weight is 377 g/mol. The summed E-state index contributed by atoms with van der Waals surface area (Å²) in [6, 6.07) is 3.05. The summed E-state index contributed by atoms with van der Waals surface area (Å²) in [6.45, 7) is 0. The minimum absolute atomic E-state index is 0. The van der Waals surface area contributed by atoms with Crippen LogP contribution in [0, 0.1) is 5.82 Å². The van der Waals surface area contributed by atoms with Gasteiger partial charge in [0.05, 0.1) is 30.1 Å². The van der Waals surface area contributed by atoms with Crippen molar-refractivity contribution in [3.8, 4) is 28.1 Å². The maximum atomic E-state index is 14.8. The summed E-state index contributed by atoms with van der Waals surface area (Å²) in [5.41, 5.74) is 14.1. The zero-order valence-corrected chi connectivity index (χ0v) is 14.3. The molecule has 3 heterocycles. The van der Waals surface area contributed by atoms with Crippen LogP contribution in [-0.4, -0.2) is 27.4 Å². The number of nitrogens with one attached hydrogen (secondary N) is 1. The second-order valence-electron chi connectivity index (χ2n) is 5.33. The lowest BCUT2D eigenvalue weighted by molar-refractivity contribution is 0.389. The number of halogens is 2. The largest absolute Gasteiger partial charge is 0.492 e. The van der Waals surface area contributed by atoms with Gasteiger partial charge in [0.15, 0.2) is 23.0 Å². The molecule has 0 aliphatic rings. The zero-order chi connectivity index (χ0) is 17.6. The molecule has 26 heavy (non-hydrogen) atoms. The molecule has 0 aliphatic heterocycles. The molecule has 8 nitrogen and oxygen atoms in total. The molecule has 3 aromatic heterocycles. The lowest BCUT2D eigenvalue weighted by atomic mass is 10.0. The summed E-state index contributed by atoms with van der Waals surface area (Å²) in [7, 11) is 1.34. The number of nitrogen functional groups attached to an aromatic ring is 2. The molecule has 0 amide bonds. The second kappa shape index (κ2) is 6.52. The van der Waals surface area contributed by atoms with Gasteiger partial charge in [0.2, 0.25) is 0 Å². The van der Waals surface area contributed by atoms with E-state index < -0.39 is 5.82 Å². The third-order valence-electron chi connectivity index (χ3n) is 3.92. The van der Waals surface area contributed by atoms with E-state index in [1.54, 1.807) is 24.7 Å². The summed E-state index contributed by atoms with van der Waals surface area (Å²) in [5.74, 6) is -0.576. The lowest BCUT2D eigenvalue weighted by Crippen LogP contribution is -1.99. The van der Waals surface area contributed by atoms with Crippen molar-refractivity contribution in [2.24, 2.45) is 0 Å². The highest BCUT2D eigenvalue weighted by molar-refractivity contribution is 6.05. The van der Waals surface area contributed by atoms with Crippen molar-refractivity contribution in [3.05, 3.63) is 36.5 Å². The summed E-state index contributed by atoms with van der Waals surface area (Å²) in [4.78, 5) is 4.37. The average Bonchev–Trinajstić information content (AvgIpc) is 3.26. The number of benzene rings is 1. The first kappa shape index (κ1) is 17.5. The van der Waals surface area contributed by atoms with E-state index in [1.807, 2.05) is 0 Å². The monoisotopic (exact) mass is 376 g/mol. The van der Waals surface area contributed by atoms with Gasteiger partial charge in [0, 0.05) is 29.1 Å². The number of anilines is 2. The number of nitrogens with two attached hydrogens (primary N) is 2. The molecule has 0 saturated heterocycles. The fourth-order valence-electron chi connectivity index (χ4n) is 2.74. The maximum Gasteiger partial charge on any atom is 0.180 e. The van der Waals surface area contributed by atoms with Crippen molar-refractivity contribution in [2.45, 2.75) is 0 Å². The predicted octanol–water partition coefficient (Wildman–Crippen LogP) is 3.01. The van der Waals surface area contributed by atoms with E-state index in [0.717, 1.165) is 5.56 Å². The summed E-state index contributed by atoms with van der Waals surface area (Å²) >= 11 is 0. The van der Waals surface area contributed by atoms with Crippen LogP contribution in [0.15, 0.2) is 35.2 Å². The molecule has 10 heteroatoms. The SMILES string of the molecule is COc1c(N)ccc(-c2ncc(-c3cn[nH]c3)c3onc(N)c23)c1F.Cl. The van der Waals surface area contributed by atoms with Crippen molar-refractivity contribution in [1.82, 2.24) is 20.3 Å². The van der Waals surface area contributed by atoms with E-state index in [1.165, 1.54) is 13.2 Å². The number of ether oxygens (including phenoxy) is 1. The number of fused-ring (bicyclic) bond motifs is 1. The molecule has 134 valence electrons. The van der Waals surface area contributed by atoms with Crippen LogP contribution in [0.1, 0.15) is 0 Å². The highest BCUT2D eigenvalue weighted by atomic mass is 35.5. The Bertz CT molecular complexity index is 1080. The fraction of sp³-hybridized carbons (Fsp3) is 0.0625. The number of hydrogen-bond donors (Lipinski definition) is 3. The quantitative estimate of drug-likeness (QED) is 0.468. The summed E-state index contributed by atoms with van der Waals surface area (Å²) in [6.07, 6.45) is 4.85. The van der Waals surface area contributed by atoms with Crippen molar-refractivity contribution < 1.29 is 13.7 Å². The Hall–Kier alpha value is -3.33. The van der Waals surface area contributed by atoms with Gasteiger partial charge >= 0.3 is 0 Å². The highest BCUT2D eigenvalue weighted by Crippen LogP contribution is 2.40. The maximum absolute atomic E-state index is 14.8. The van der Waals surface area contributed by atoms with Crippen molar-refractivity contribution in [2.75, 3.05) is 18.6 Å². The van der Waals surface area contributed by atoms with Gasteiger partial charge in [-0.25, -0.2) is 4.39 Å². The fourth-order valence-corrected chi connectivity index (χ4v) is 2.74. The molecule has 0 spiro atoms. The molecule has 0 atom stereocenters. The van der Waals surface area contributed by atoms with Crippen LogP contribution in [0.4, 0.5) is 15.9 Å². The summed E-state index contributed by atoms with van der Waals surface area (Å²) in [5, 5.41) is 10.8. The van der Waals surface area contributed by atoms with Gasteiger partial charge in [-0.3, -0.25) is 10.1 Å². The molecule has 4 aromatic rings. The molecular weight excluding hydrogens is 363 g/mol. The third kappa shape index (κ3) is 2.49. The molecule has 0 fully saturated rings. The molecule has 0 aliphatic carbocycles. The topological polar surface area (TPSA) is 129 Å². The van der Waals surface area contributed by atoms with Crippen LogP contribution in [0.3, 0.4) is 0 Å². The minimum atomic E-state index is -0.632. The zero-order valence-electron chi connectivity index (χ0n) is 13.5. The molecule has 0 unspecified atom stereocenters. The third-order valence-corrected chi connectivity index (χ3v) is 3.92. The van der Waals surface area contributed by atoms with Gasteiger partial charge in [-0.1, -0.05) is 5.16 Å². The molecule has 0 radical (unpaired) electrons. The molecule has 0 saturated carbocycles. The van der Waals surface area contributed by atoms with Crippen LogP contribution < -0.4 is 16.2 Å².